The summed E-state index contributed by atoms with van der Waals surface area (Å²) >= 11 is 0. The molecule has 0 amide bonds. The molecule has 2 aromatic carbocycles. The van der Waals surface area contributed by atoms with Gasteiger partial charge >= 0.3 is 5.63 Å². The first kappa shape index (κ1) is 17.8. The lowest BCUT2D eigenvalue weighted by Crippen LogP contribution is -2.35. The highest BCUT2D eigenvalue weighted by Crippen LogP contribution is 2.30. The average Bonchev–Trinajstić information content (AvgIpc) is 2.76. The molecule has 3 heterocycles. The van der Waals surface area contributed by atoms with Crippen molar-refractivity contribution in [3.8, 4) is 17.0 Å². The third-order valence-corrected chi connectivity index (χ3v) is 5.34. The summed E-state index contributed by atoms with van der Waals surface area (Å²) in [5, 5.41) is 12.2. The van der Waals surface area contributed by atoms with Crippen molar-refractivity contribution in [1.82, 2.24) is 9.88 Å². The molecule has 0 spiro atoms. The Labute approximate surface area is 167 Å². The molecule has 5 rings (SSSR count). The first-order valence-electron chi connectivity index (χ1n) is 9.64. The van der Waals surface area contributed by atoms with E-state index in [0.717, 1.165) is 29.4 Å². The maximum atomic E-state index is 12.8. The molecule has 146 valence electrons. The van der Waals surface area contributed by atoms with E-state index in [1.807, 2.05) is 36.4 Å². The van der Waals surface area contributed by atoms with Crippen LogP contribution in [0.4, 0.5) is 0 Å². The van der Waals surface area contributed by atoms with Gasteiger partial charge in [-0.3, -0.25) is 4.90 Å². The molecule has 1 aliphatic heterocycles. The summed E-state index contributed by atoms with van der Waals surface area (Å²) in [5.41, 5.74) is 2.39. The molecule has 0 atom stereocenters. The normalized spacial score (nSPS) is 15.2. The molecule has 1 saturated heterocycles. The standard InChI is InChI=1S/C23H20N2O4/c26-21-8-6-16-13-17(20-7-5-15-3-1-2-4-19(15)24-20)23(27)29-22(16)18(21)14-25-9-11-28-12-10-25/h1-8,13,26H,9-12,14H2. The van der Waals surface area contributed by atoms with Crippen molar-refractivity contribution >= 4 is 21.9 Å². The number of morpholine rings is 1. The second-order valence-corrected chi connectivity index (χ2v) is 7.21. The Morgan fingerprint density at radius 2 is 1.79 bits per heavy atom. The van der Waals surface area contributed by atoms with Gasteiger partial charge < -0.3 is 14.3 Å². The number of benzene rings is 2. The molecule has 2 aromatic heterocycles. The van der Waals surface area contributed by atoms with Crippen LogP contribution in [-0.2, 0) is 11.3 Å². The van der Waals surface area contributed by atoms with Crippen molar-refractivity contribution in [3.63, 3.8) is 0 Å². The molecule has 0 bridgehead atoms. The summed E-state index contributed by atoms with van der Waals surface area (Å²) in [6, 6.07) is 16.8. The average molecular weight is 388 g/mol. The first-order valence-corrected chi connectivity index (χ1v) is 9.64. The molecule has 29 heavy (non-hydrogen) atoms. The number of pyridine rings is 1. The maximum absolute atomic E-state index is 12.8. The van der Waals surface area contributed by atoms with E-state index < -0.39 is 5.63 Å². The van der Waals surface area contributed by atoms with E-state index in [2.05, 4.69) is 9.88 Å². The Morgan fingerprint density at radius 1 is 1.00 bits per heavy atom. The van der Waals surface area contributed by atoms with E-state index in [1.54, 1.807) is 18.2 Å². The Kier molecular flexibility index (Phi) is 4.50. The van der Waals surface area contributed by atoms with E-state index >= 15 is 0 Å². The predicted octanol–water partition coefficient (Wildman–Crippen LogP) is 3.55. The summed E-state index contributed by atoms with van der Waals surface area (Å²) < 4.78 is 11.1. The van der Waals surface area contributed by atoms with E-state index in [4.69, 9.17) is 9.15 Å². The summed E-state index contributed by atoms with van der Waals surface area (Å²) in [6.45, 7) is 3.38. The van der Waals surface area contributed by atoms with Crippen LogP contribution in [0.2, 0.25) is 0 Å². The number of ether oxygens (including phenoxy) is 1. The van der Waals surface area contributed by atoms with Crippen molar-refractivity contribution in [2.45, 2.75) is 6.54 Å². The number of aromatic hydroxyl groups is 1. The van der Waals surface area contributed by atoms with Gasteiger partial charge in [0.25, 0.3) is 0 Å². The maximum Gasteiger partial charge on any atom is 0.345 e. The van der Waals surface area contributed by atoms with Gasteiger partial charge in [-0.25, -0.2) is 9.78 Å². The zero-order chi connectivity index (χ0) is 19.8. The lowest BCUT2D eigenvalue weighted by molar-refractivity contribution is 0.0339. The number of para-hydroxylation sites is 1. The molecule has 1 aliphatic rings. The molecule has 0 radical (unpaired) electrons. The van der Waals surface area contributed by atoms with Crippen LogP contribution in [0.3, 0.4) is 0 Å². The Hall–Kier alpha value is -3.22. The fraction of sp³-hybridized carbons (Fsp3) is 0.217. The molecular weight excluding hydrogens is 368 g/mol. The van der Waals surface area contributed by atoms with Crippen LogP contribution in [0.1, 0.15) is 5.56 Å². The molecule has 6 heteroatoms. The van der Waals surface area contributed by atoms with Gasteiger partial charge in [-0.2, -0.15) is 0 Å². The fourth-order valence-corrected chi connectivity index (χ4v) is 3.76. The van der Waals surface area contributed by atoms with Gasteiger partial charge in [0.05, 0.1) is 35.6 Å². The topological polar surface area (TPSA) is 75.8 Å². The van der Waals surface area contributed by atoms with Gasteiger partial charge in [-0.1, -0.05) is 24.3 Å². The number of fused-ring (bicyclic) bond motifs is 2. The van der Waals surface area contributed by atoms with Crippen LogP contribution in [0.5, 0.6) is 5.75 Å². The Bertz CT molecular complexity index is 1260. The van der Waals surface area contributed by atoms with Crippen molar-refractivity contribution in [1.29, 1.82) is 0 Å². The van der Waals surface area contributed by atoms with E-state index in [0.29, 0.717) is 42.2 Å². The predicted molar refractivity (Wildman–Crippen MR) is 111 cm³/mol. The fourth-order valence-electron chi connectivity index (χ4n) is 3.76. The Morgan fingerprint density at radius 3 is 2.66 bits per heavy atom. The summed E-state index contributed by atoms with van der Waals surface area (Å²) in [4.78, 5) is 19.6. The van der Waals surface area contributed by atoms with E-state index in [1.165, 1.54) is 0 Å². The molecule has 1 fully saturated rings. The van der Waals surface area contributed by atoms with Crippen LogP contribution < -0.4 is 5.63 Å². The van der Waals surface area contributed by atoms with Crippen molar-refractivity contribution in [2.24, 2.45) is 0 Å². The minimum absolute atomic E-state index is 0.128. The number of nitrogens with zero attached hydrogens (tertiary/aromatic N) is 2. The van der Waals surface area contributed by atoms with Gasteiger partial charge in [0.1, 0.15) is 11.3 Å². The molecule has 1 N–H and O–H groups in total. The number of hydrogen-bond donors (Lipinski definition) is 1. The number of phenols is 1. The second-order valence-electron chi connectivity index (χ2n) is 7.21. The van der Waals surface area contributed by atoms with E-state index in [9.17, 15) is 9.90 Å². The lowest BCUT2D eigenvalue weighted by atomic mass is 10.1. The third-order valence-electron chi connectivity index (χ3n) is 5.34. The molecule has 4 aromatic rings. The van der Waals surface area contributed by atoms with Crippen LogP contribution >= 0.6 is 0 Å². The molecule has 0 unspecified atom stereocenters. The number of phenolic OH excluding ortho intramolecular Hbond substituents is 1. The molecule has 0 aliphatic carbocycles. The minimum Gasteiger partial charge on any atom is -0.507 e. The number of hydrogen-bond acceptors (Lipinski definition) is 6. The van der Waals surface area contributed by atoms with Crippen molar-refractivity contribution in [3.05, 3.63) is 70.6 Å². The summed E-state index contributed by atoms with van der Waals surface area (Å²) in [7, 11) is 0. The van der Waals surface area contributed by atoms with Crippen molar-refractivity contribution in [2.75, 3.05) is 26.3 Å². The lowest BCUT2D eigenvalue weighted by Gasteiger charge is -2.27. The Balaban J connectivity index is 1.60. The van der Waals surface area contributed by atoms with Gasteiger partial charge in [-0.15, -0.1) is 0 Å². The smallest absolute Gasteiger partial charge is 0.345 e. The zero-order valence-corrected chi connectivity index (χ0v) is 15.8. The monoisotopic (exact) mass is 388 g/mol. The van der Waals surface area contributed by atoms with Crippen LogP contribution in [0.15, 0.2) is 63.8 Å². The highest BCUT2D eigenvalue weighted by atomic mass is 16.5. The zero-order valence-electron chi connectivity index (χ0n) is 15.8. The molecule has 6 nitrogen and oxygen atoms in total. The molecular formula is C23H20N2O4. The summed E-state index contributed by atoms with van der Waals surface area (Å²) in [5.74, 6) is 0.128. The number of aromatic nitrogens is 1. The highest BCUT2D eigenvalue weighted by Gasteiger charge is 2.18. The van der Waals surface area contributed by atoms with Gasteiger partial charge in [0.15, 0.2) is 0 Å². The number of rotatable bonds is 3. The second kappa shape index (κ2) is 7.31. The quantitative estimate of drug-likeness (QED) is 0.541. The van der Waals surface area contributed by atoms with Crippen LogP contribution in [0.25, 0.3) is 33.1 Å². The SMILES string of the molecule is O=c1oc2c(CN3CCOCC3)c(O)ccc2cc1-c1ccc2ccccc2n1. The van der Waals surface area contributed by atoms with Gasteiger partial charge in [0, 0.05) is 30.4 Å². The highest BCUT2D eigenvalue weighted by molar-refractivity contribution is 5.87. The summed E-state index contributed by atoms with van der Waals surface area (Å²) in [6.07, 6.45) is 0. The van der Waals surface area contributed by atoms with Crippen molar-refractivity contribution < 1.29 is 14.3 Å². The first-order chi connectivity index (χ1) is 14.2. The van der Waals surface area contributed by atoms with Gasteiger partial charge in [0.2, 0.25) is 0 Å². The van der Waals surface area contributed by atoms with E-state index in [-0.39, 0.29) is 5.75 Å². The minimum atomic E-state index is -0.464. The third kappa shape index (κ3) is 3.37. The largest absolute Gasteiger partial charge is 0.507 e. The van der Waals surface area contributed by atoms with Crippen LogP contribution in [0, 0.1) is 0 Å². The van der Waals surface area contributed by atoms with Gasteiger partial charge in [-0.05, 0) is 30.3 Å². The van der Waals surface area contributed by atoms with Crippen LogP contribution in [-0.4, -0.2) is 41.3 Å². The molecule has 0 saturated carbocycles.